The fraction of sp³-hybridized carbons (Fsp3) is 0.167. The molecular formula is C24H19F2N5O2. The summed E-state index contributed by atoms with van der Waals surface area (Å²) in [6, 6.07) is 9.22. The van der Waals surface area contributed by atoms with Crippen molar-refractivity contribution >= 4 is 28.0 Å². The molecule has 0 aliphatic rings. The predicted octanol–water partition coefficient (Wildman–Crippen LogP) is 4.55. The molecule has 5 rings (SSSR count). The molecule has 2 aromatic carbocycles. The van der Waals surface area contributed by atoms with Crippen molar-refractivity contribution in [1.82, 2.24) is 19.5 Å². The summed E-state index contributed by atoms with van der Waals surface area (Å²) in [5.41, 5.74) is 1.03. The van der Waals surface area contributed by atoms with Crippen LogP contribution in [0.5, 0.6) is 0 Å². The SMILES string of the molecule is C[C@H](c1oc2cccc(F)c2c(=O)c1-c1cccc(F)c1)n1cnc2c(N(C)C)ncnc21. The number of rotatable bonds is 4. The van der Waals surface area contributed by atoms with Crippen LogP contribution in [0.15, 0.2) is 64.3 Å². The minimum Gasteiger partial charge on any atom is -0.458 e. The van der Waals surface area contributed by atoms with Crippen molar-refractivity contribution in [1.29, 1.82) is 0 Å². The highest BCUT2D eigenvalue weighted by molar-refractivity contribution is 5.85. The lowest BCUT2D eigenvalue weighted by Gasteiger charge is -2.18. The second-order valence-corrected chi connectivity index (χ2v) is 7.89. The van der Waals surface area contributed by atoms with Gasteiger partial charge in [0.1, 0.15) is 34.7 Å². The molecule has 0 radical (unpaired) electrons. The number of nitrogens with zero attached hydrogens (tertiary/aromatic N) is 5. The highest BCUT2D eigenvalue weighted by Crippen LogP contribution is 2.33. The van der Waals surface area contributed by atoms with E-state index in [0.29, 0.717) is 22.5 Å². The third-order valence-electron chi connectivity index (χ3n) is 5.57. The van der Waals surface area contributed by atoms with Crippen LogP contribution in [-0.2, 0) is 0 Å². The Morgan fingerprint density at radius 3 is 2.61 bits per heavy atom. The van der Waals surface area contributed by atoms with Crippen LogP contribution in [0, 0.1) is 11.6 Å². The summed E-state index contributed by atoms with van der Waals surface area (Å²) in [7, 11) is 3.70. The molecule has 0 aliphatic carbocycles. The van der Waals surface area contributed by atoms with E-state index in [1.807, 2.05) is 25.9 Å². The van der Waals surface area contributed by atoms with Gasteiger partial charge in [0, 0.05) is 14.1 Å². The summed E-state index contributed by atoms with van der Waals surface area (Å²) in [4.78, 5) is 28.4. The summed E-state index contributed by atoms with van der Waals surface area (Å²) < 4.78 is 36.5. The smallest absolute Gasteiger partial charge is 0.203 e. The van der Waals surface area contributed by atoms with Crippen molar-refractivity contribution in [2.75, 3.05) is 19.0 Å². The molecule has 0 N–H and O–H groups in total. The molecule has 9 heteroatoms. The highest BCUT2D eigenvalue weighted by Gasteiger charge is 2.25. The summed E-state index contributed by atoms with van der Waals surface area (Å²) in [6.07, 6.45) is 3.02. The number of fused-ring (bicyclic) bond motifs is 2. The van der Waals surface area contributed by atoms with Crippen LogP contribution in [0.3, 0.4) is 0 Å². The zero-order valence-electron chi connectivity index (χ0n) is 18.1. The summed E-state index contributed by atoms with van der Waals surface area (Å²) in [5.74, 6) is -0.337. The van der Waals surface area contributed by atoms with Crippen molar-refractivity contribution in [2.45, 2.75) is 13.0 Å². The molecule has 0 fully saturated rings. The third-order valence-corrected chi connectivity index (χ3v) is 5.57. The Morgan fingerprint density at radius 1 is 1.06 bits per heavy atom. The topological polar surface area (TPSA) is 77.0 Å². The van der Waals surface area contributed by atoms with Gasteiger partial charge in [0.25, 0.3) is 0 Å². The number of hydrogen-bond acceptors (Lipinski definition) is 6. The standard InChI is InChI=1S/C24H19F2N5O2/c1-13(31-12-29-20-23(30(2)3)27-11-28-24(20)31)22-18(14-6-4-7-15(25)10-14)21(32)19-16(26)8-5-9-17(19)33-22/h4-13H,1-3H3/t13-/m1/s1. The molecule has 0 amide bonds. The summed E-state index contributed by atoms with van der Waals surface area (Å²) in [5, 5.41) is -0.180. The second-order valence-electron chi connectivity index (χ2n) is 7.89. The molecule has 0 bridgehead atoms. The molecule has 0 unspecified atom stereocenters. The van der Waals surface area contributed by atoms with Gasteiger partial charge in [-0.1, -0.05) is 18.2 Å². The molecule has 3 aromatic heterocycles. The van der Waals surface area contributed by atoms with E-state index in [4.69, 9.17) is 4.42 Å². The summed E-state index contributed by atoms with van der Waals surface area (Å²) >= 11 is 0. The third kappa shape index (κ3) is 3.32. The Morgan fingerprint density at radius 2 is 1.85 bits per heavy atom. The van der Waals surface area contributed by atoms with Crippen LogP contribution >= 0.6 is 0 Å². The van der Waals surface area contributed by atoms with E-state index in [2.05, 4.69) is 15.0 Å². The van der Waals surface area contributed by atoms with Gasteiger partial charge in [0.05, 0.1) is 17.9 Å². The molecule has 7 nitrogen and oxygen atoms in total. The van der Waals surface area contributed by atoms with Crippen LogP contribution in [0.1, 0.15) is 18.7 Å². The minimum atomic E-state index is -0.699. The fourth-order valence-electron chi connectivity index (χ4n) is 4.00. The lowest BCUT2D eigenvalue weighted by atomic mass is 9.99. The molecule has 166 valence electrons. The monoisotopic (exact) mass is 447 g/mol. The van der Waals surface area contributed by atoms with Crippen molar-refractivity contribution in [3.63, 3.8) is 0 Å². The first-order chi connectivity index (χ1) is 15.9. The van der Waals surface area contributed by atoms with Gasteiger partial charge in [-0.15, -0.1) is 0 Å². The molecule has 0 saturated heterocycles. The number of halogens is 2. The van der Waals surface area contributed by atoms with Gasteiger partial charge in [0.2, 0.25) is 5.43 Å². The molecule has 0 spiro atoms. The number of imidazole rings is 1. The summed E-state index contributed by atoms with van der Waals surface area (Å²) in [6.45, 7) is 1.81. The van der Waals surface area contributed by atoms with E-state index in [1.54, 1.807) is 17.0 Å². The zero-order chi connectivity index (χ0) is 23.3. The molecule has 1 atom stereocenters. The van der Waals surface area contributed by atoms with Gasteiger partial charge in [-0.3, -0.25) is 4.79 Å². The molecular weight excluding hydrogens is 428 g/mol. The Balaban J connectivity index is 1.81. The van der Waals surface area contributed by atoms with Crippen LogP contribution in [-0.4, -0.2) is 33.6 Å². The van der Waals surface area contributed by atoms with Crippen LogP contribution in [0.4, 0.5) is 14.6 Å². The first-order valence-corrected chi connectivity index (χ1v) is 10.2. The van der Waals surface area contributed by atoms with Gasteiger partial charge in [-0.2, -0.15) is 0 Å². The highest BCUT2D eigenvalue weighted by atomic mass is 19.1. The van der Waals surface area contributed by atoms with Crippen LogP contribution in [0.2, 0.25) is 0 Å². The van der Waals surface area contributed by atoms with Crippen molar-refractivity contribution in [2.24, 2.45) is 0 Å². The lowest BCUT2D eigenvalue weighted by molar-refractivity contribution is 0.466. The van der Waals surface area contributed by atoms with E-state index in [0.717, 1.165) is 0 Å². The van der Waals surface area contributed by atoms with Crippen molar-refractivity contribution < 1.29 is 13.2 Å². The minimum absolute atomic E-state index is 0.0864. The van der Waals surface area contributed by atoms with Crippen molar-refractivity contribution in [3.05, 3.63) is 82.7 Å². The second kappa shape index (κ2) is 7.77. The lowest BCUT2D eigenvalue weighted by Crippen LogP contribution is -2.16. The first kappa shape index (κ1) is 20.7. The Hall–Kier alpha value is -4.14. The van der Waals surface area contributed by atoms with Gasteiger partial charge >= 0.3 is 0 Å². The maximum absolute atomic E-state index is 14.6. The number of hydrogen-bond donors (Lipinski definition) is 0. The molecule has 0 saturated carbocycles. The Labute approximate surface area is 187 Å². The van der Waals surface area contributed by atoms with E-state index >= 15 is 0 Å². The van der Waals surface area contributed by atoms with E-state index in [1.165, 1.54) is 42.7 Å². The average Bonchev–Trinajstić information content (AvgIpc) is 3.22. The van der Waals surface area contributed by atoms with Gasteiger partial charge in [0.15, 0.2) is 17.0 Å². The Kier molecular flexibility index (Phi) is 4.88. The van der Waals surface area contributed by atoms with Crippen LogP contribution in [0.25, 0.3) is 33.3 Å². The van der Waals surface area contributed by atoms with Gasteiger partial charge in [-0.25, -0.2) is 23.7 Å². The van der Waals surface area contributed by atoms with E-state index in [-0.39, 0.29) is 22.3 Å². The van der Waals surface area contributed by atoms with E-state index < -0.39 is 23.1 Å². The van der Waals surface area contributed by atoms with Crippen molar-refractivity contribution in [3.8, 4) is 11.1 Å². The van der Waals surface area contributed by atoms with Gasteiger partial charge in [-0.05, 0) is 36.8 Å². The zero-order valence-corrected chi connectivity index (χ0v) is 18.1. The van der Waals surface area contributed by atoms with Crippen LogP contribution < -0.4 is 10.3 Å². The number of aromatic nitrogens is 4. The number of benzene rings is 2. The Bertz CT molecular complexity index is 1580. The quantitative estimate of drug-likeness (QED) is 0.402. The molecule has 0 aliphatic heterocycles. The maximum Gasteiger partial charge on any atom is 0.203 e. The van der Waals surface area contributed by atoms with Gasteiger partial charge < -0.3 is 13.9 Å². The van der Waals surface area contributed by atoms with E-state index in [9.17, 15) is 13.6 Å². The molecule has 3 heterocycles. The predicted molar refractivity (Wildman–Crippen MR) is 121 cm³/mol. The maximum atomic E-state index is 14.6. The number of anilines is 1. The molecule has 33 heavy (non-hydrogen) atoms. The normalized spacial score (nSPS) is 12.4. The average molecular weight is 447 g/mol. The first-order valence-electron chi connectivity index (χ1n) is 10.2. The fourth-order valence-corrected chi connectivity index (χ4v) is 4.00. The largest absolute Gasteiger partial charge is 0.458 e. The molecule has 5 aromatic rings.